The van der Waals surface area contributed by atoms with Crippen molar-refractivity contribution in [2.24, 2.45) is 0 Å². The highest BCUT2D eigenvalue weighted by molar-refractivity contribution is 9.09. The van der Waals surface area contributed by atoms with Gasteiger partial charge < -0.3 is 4.90 Å². The molecule has 0 atom stereocenters. The second-order valence-electron chi connectivity index (χ2n) is 3.65. The van der Waals surface area contributed by atoms with Crippen LogP contribution in [0.25, 0.3) is 0 Å². The minimum absolute atomic E-state index is 0.259. The van der Waals surface area contributed by atoms with Gasteiger partial charge in [-0.3, -0.25) is 4.79 Å². The zero-order valence-electron chi connectivity index (χ0n) is 9.80. The topological polar surface area (TPSA) is 20.3 Å². The predicted octanol–water partition coefficient (Wildman–Crippen LogP) is 3.56. The van der Waals surface area contributed by atoms with E-state index < -0.39 is 11.7 Å². The van der Waals surface area contributed by atoms with Crippen molar-refractivity contribution >= 4 is 21.8 Å². The molecule has 0 unspecified atom stereocenters. The van der Waals surface area contributed by atoms with Gasteiger partial charge in [-0.15, -0.1) is 0 Å². The van der Waals surface area contributed by atoms with Crippen LogP contribution in [-0.2, 0) is 6.18 Å². The van der Waals surface area contributed by atoms with Crippen LogP contribution in [0, 0.1) is 0 Å². The van der Waals surface area contributed by atoms with Crippen molar-refractivity contribution in [2.45, 2.75) is 13.1 Å². The molecule has 6 heteroatoms. The third-order valence-corrected chi connectivity index (χ3v) is 2.84. The van der Waals surface area contributed by atoms with Crippen LogP contribution in [0.15, 0.2) is 24.3 Å². The number of amides is 1. The van der Waals surface area contributed by atoms with E-state index in [4.69, 9.17) is 0 Å². The number of alkyl halides is 4. The maximum absolute atomic E-state index is 12.4. The number of nitrogens with zero attached hydrogens (tertiary/aromatic N) is 1. The summed E-state index contributed by atoms with van der Waals surface area (Å²) in [7, 11) is 0. The molecule has 0 aliphatic rings. The van der Waals surface area contributed by atoms with Crippen molar-refractivity contribution in [3.63, 3.8) is 0 Å². The van der Waals surface area contributed by atoms with Crippen molar-refractivity contribution in [1.29, 1.82) is 0 Å². The summed E-state index contributed by atoms with van der Waals surface area (Å²) < 4.78 is 37.1. The van der Waals surface area contributed by atoms with Gasteiger partial charge in [0.15, 0.2) is 0 Å². The van der Waals surface area contributed by atoms with E-state index in [-0.39, 0.29) is 11.5 Å². The van der Waals surface area contributed by atoms with Crippen molar-refractivity contribution in [2.75, 3.05) is 18.4 Å². The zero-order valence-corrected chi connectivity index (χ0v) is 11.4. The summed E-state index contributed by atoms with van der Waals surface area (Å²) in [6, 6.07) is 4.27. The molecule has 0 aliphatic heterocycles. The summed E-state index contributed by atoms with van der Waals surface area (Å²) in [6.07, 6.45) is -4.37. The number of benzene rings is 1. The second kappa shape index (κ2) is 6.22. The molecule has 0 fully saturated rings. The molecule has 0 aromatic heterocycles. The molecule has 1 aromatic carbocycles. The van der Waals surface area contributed by atoms with Gasteiger partial charge in [-0.05, 0) is 31.2 Å². The Morgan fingerprint density at radius 3 is 2.22 bits per heavy atom. The summed E-state index contributed by atoms with van der Waals surface area (Å²) in [5.74, 6) is -0.259. The normalized spacial score (nSPS) is 11.4. The molecule has 18 heavy (non-hydrogen) atoms. The minimum atomic E-state index is -4.37. The number of carbonyl (C=O) groups excluding carboxylic acids is 1. The lowest BCUT2D eigenvalue weighted by molar-refractivity contribution is -0.137. The van der Waals surface area contributed by atoms with Crippen molar-refractivity contribution in [1.82, 2.24) is 4.90 Å². The lowest BCUT2D eigenvalue weighted by Gasteiger charge is -2.19. The highest BCUT2D eigenvalue weighted by atomic mass is 79.9. The fourth-order valence-electron chi connectivity index (χ4n) is 1.49. The number of carbonyl (C=O) groups is 1. The molecule has 100 valence electrons. The van der Waals surface area contributed by atoms with E-state index in [0.29, 0.717) is 18.4 Å². The van der Waals surface area contributed by atoms with E-state index >= 15 is 0 Å². The highest BCUT2D eigenvalue weighted by Crippen LogP contribution is 2.29. The van der Waals surface area contributed by atoms with Crippen LogP contribution in [0.1, 0.15) is 22.8 Å². The Balaban J connectivity index is 2.88. The van der Waals surface area contributed by atoms with Crippen LogP contribution in [0.4, 0.5) is 13.2 Å². The first-order chi connectivity index (χ1) is 8.40. The zero-order chi connectivity index (χ0) is 13.8. The van der Waals surface area contributed by atoms with E-state index in [1.54, 1.807) is 4.90 Å². The Morgan fingerprint density at radius 1 is 1.28 bits per heavy atom. The van der Waals surface area contributed by atoms with Gasteiger partial charge in [0.2, 0.25) is 0 Å². The highest BCUT2D eigenvalue weighted by Gasteiger charge is 2.30. The Kier molecular flexibility index (Phi) is 5.19. The van der Waals surface area contributed by atoms with Gasteiger partial charge in [-0.1, -0.05) is 15.9 Å². The third-order valence-electron chi connectivity index (χ3n) is 2.48. The summed E-state index contributed by atoms with van der Waals surface area (Å²) in [4.78, 5) is 13.5. The van der Waals surface area contributed by atoms with Crippen LogP contribution < -0.4 is 0 Å². The molecular weight excluding hydrogens is 311 g/mol. The van der Waals surface area contributed by atoms with Crippen LogP contribution >= 0.6 is 15.9 Å². The maximum atomic E-state index is 12.4. The van der Waals surface area contributed by atoms with Crippen LogP contribution in [0.2, 0.25) is 0 Å². The first-order valence-corrected chi connectivity index (χ1v) is 6.54. The summed E-state index contributed by atoms with van der Waals surface area (Å²) in [5.41, 5.74) is -0.478. The van der Waals surface area contributed by atoms with Crippen LogP contribution in [0.3, 0.4) is 0 Å². The van der Waals surface area contributed by atoms with E-state index in [1.807, 2.05) is 6.92 Å². The molecule has 0 saturated heterocycles. The second-order valence-corrected chi connectivity index (χ2v) is 4.44. The molecule has 0 bridgehead atoms. The standard InChI is InChI=1S/C12H13BrF3NO/c1-2-17(8-7-13)11(18)9-3-5-10(6-4-9)12(14,15)16/h3-6H,2,7-8H2,1H3. The first-order valence-electron chi connectivity index (χ1n) is 5.42. The number of hydrogen-bond acceptors (Lipinski definition) is 1. The van der Waals surface area contributed by atoms with Gasteiger partial charge in [-0.25, -0.2) is 0 Å². The lowest BCUT2D eigenvalue weighted by Crippen LogP contribution is -2.32. The van der Waals surface area contributed by atoms with Gasteiger partial charge in [0.05, 0.1) is 5.56 Å². The van der Waals surface area contributed by atoms with Crippen molar-refractivity contribution < 1.29 is 18.0 Å². The lowest BCUT2D eigenvalue weighted by atomic mass is 10.1. The van der Waals surface area contributed by atoms with Gasteiger partial charge in [-0.2, -0.15) is 13.2 Å². The Hall–Kier alpha value is -1.04. The fraction of sp³-hybridized carbons (Fsp3) is 0.417. The summed E-state index contributed by atoms with van der Waals surface area (Å²) >= 11 is 3.23. The Morgan fingerprint density at radius 2 is 1.83 bits per heavy atom. The number of hydrogen-bond donors (Lipinski definition) is 0. The number of rotatable bonds is 4. The Labute approximate surface area is 112 Å². The van der Waals surface area contributed by atoms with E-state index in [0.717, 1.165) is 12.1 Å². The molecular formula is C12H13BrF3NO. The van der Waals surface area contributed by atoms with Crippen molar-refractivity contribution in [3.05, 3.63) is 35.4 Å². The molecule has 0 aliphatic carbocycles. The first kappa shape index (κ1) is 15.0. The van der Waals surface area contributed by atoms with Gasteiger partial charge >= 0.3 is 6.18 Å². The maximum Gasteiger partial charge on any atom is 0.416 e. The van der Waals surface area contributed by atoms with E-state index in [9.17, 15) is 18.0 Å². The molecule has 1 rings (SSSR count). The molecule has 0 heterocycles. The van der Waals surface area contributed by atoms with Crippen LogP contribution in [-0.4, -0.2) is 29.2 Å². The van der Waals surface area contributed by atoms with E-state index in [2.05, 4.69) is 15.9 Å². The largest absolute Gasteiger partial charge is 0.416 e. The molecule has 0 saturated carbocycles. The predicted molar refractivity (Wildman–Crippen MR) is 66.8 cm³/mol. The smallest absolute Gasteiger partial charge is 0.338 e. The third kappa shape index (κ3) is 3.73. The number of halogens is 4. The molecule has 1 aromatic rings. The van der Waals surface area contributed by atoms with Crippen molar-refractivity contribution in [3.8, 4) is 0 Å². The molecule has 1 amide bonds. The fourth-order valence-corrected chi connectivity index (χ4v) is 1.92. The average Bonchev–Trinajstić information content (AvgIpc) is 2.34. The summed E-state index contributed by atoms with van der Waals surface area (Å²) in [6.45, 7) is 2.87. The Bertz CT molecular complexity index is 403. The SMILES string of the molecule is CCN(CCBr)C(=O)c1ccc(C(F)(F)F)cc1. The molecule has 0 radical (unpaired) electrons. The van der Waals surface area contributed by atoms with Gasteiger partial charge in [0, 0.05) is 24.0 Å². The monoisotopic (exact) mass is 323 g/mol. The molecule has 0 N–H and O–H groups in total. The van der Waals surface area contributed by atoms with Gasteiger partial charge in [0.25, 0.3) is 5.91 Å². The minimum Gasteiger partial charge on any atom is -0.338 e. The summed E-state index contributed by atoms with van der Waals surface area (Å²) in [5, 5.41) is 0.632. The molecule has 0 spiro atoms. The van der Waals surface area contributed by atoms with Gasteiger partial charge in [0.1, 0.15) is 0 Å². The average molecular weight is 324 g/mol. The van der Waals surface area contributed by atoms with E-state index in [1.165, 1.54) is 12.1 Å². The van der Waals surface area contributed by atoms with Crippen LogP contribution in [0.5, 0.6) is 0 Å². The quantitative estimate of drug-likeness (QED) is 0.776. The molecule has 2 nitrogen and oxygen atoms in total.